The van der Waals surface area contributed by atoms with Crippen molar-refractivity contribution >= 4 is 35.8 Å². The van der Waals surface area contributed by atoms with Crippen molar-refractivity contribution in [3.8, 4) is 5.75 Å². The number of carbonyl (C=O) groups is 1. The first kappa shape index (κ1) is 21.8. The van der Waals surface area contributed by atoms with Gasteiger partial charge in [-0.2, -0.15) is 0 Å². The van der Waals surface area contributed by atoms with Crippen molar-refractivity contribution in [2.24, 2.45) is 16.6 Å². The molecule has 2 fully saturated rings. The Bertz CT molecular complexity index is 631. The fourth-order valence-corrected chi connectivity index (χ4v) is 3.20. The third-order valence-electron chi connectivity index (χ3n) is 4.89. The van der Waals surface area contributed by atoms with Gasteiger partial charge in [-0.05, 0) is 55.7 Å². The van der Waals surface area contributed by atoms with Gasteiger partial charge >= 0.3 is 0 Å². The van der Waals surface area contributed by atoms with Crippen LogP contribution in [0.4, 0.5) is 0 Å². The Morgan fingerprint density at radius 2 is 2.04 bits per heavy atom. The minimum absolute atomic E-state index is 0. The number of nitrogens with zero attached hydrogens (tertiary/aromatic N) is 2. The van der Waals surface area contributed by atoms with Crippen LogP contribution in [-0.2, 0) is 11.2 Å². The van der Waals surface area contributed by atoms with Crippen LogP contribution in [0.25, 0.3) is 0 Å². The van der Waals surface area contributed by atoms with E-state index >= 15 is 0 Å². The fourth-order valence-electron chi connectivity index (χ4n) is 3.20. The second-order valence-corrected chi connectivity index (χ2v) is 7.46. The van der Waals surface area contributed by atoms with Crippen LogP contribution in [0.15, 0.2) is 29.3 Å². The molecule has 7 heteroatoms. The van der Waals surface area contributed by atoms with E-state index in [1.165, 1.54) is 18.4 Å². The highest BCUT2D eigenvalue weighted by Crippen LogP contribution is 2.18. The number of hydrogen-bond donors (Lipinski definition) is 2. The Kier molecular flexibility index (Phi) is 8.66. The van der Waals surface area contributed by atoms with E-state index in [1.54, 1.807) is 0 Å². The number of aliphatic imine (C=N–C) groups is 1. The number of amides is 1. The summed E-state index contributed by atoms with van der Waals surface area (Å²) in [5.74, 6) is 2.02. The summed E-state index contributed by atoms with van der Waals surface area (Å²) < 4.78 is 5.52. The molecule has 3 N–H and O–H groups in total. The largest absolute Gasteiger partial charge is 0.484 e. The molecule has 0 spiro atoms. The number of carbonyl (C=O) groups excluding carboxylic acids is 1. The number of piperidine rings is 1. The van der Waals surface area contributed by atoms with Gasteiger partial charge in [0.05, 0.1) is 0 Å². The molecule has 1 saturated heterocycles. The lowest BCUT2D eigenvalue weighted by Gasteiger charge is -2.31. The summed E-state index contributed by atoms with van der Waals surface area (Å²) in [6.45, 7) is 5.04. The summed E-state index contributed by atoms with van der Waals surface area (Å²) in [6, 6.07) is 8.21. The molecule has 1 saturated carbocycles. The molecule has 1 unspecified atom stereocenters. The van der Waals surface area contributed by atoms with Crippen LogP contribution in [0.5, 0.6) is 5.75 Å². The Balaban J connectivity index is 0.00000261. The molecule has 1 amide bonds. The first-order valence-corrected chi connectivity index (χ1v) is 9.66. The number of nitrogens with one attached hydrogen (secondary N) is 1. The van der Waals surface area contributed by atoms with Crippen LogP contribution in [0.3, 0.4) is 0 Å². The lowest BCUT2D eigenvalue weighted by Crippen LogP contribution is -2.43. The Morgan fingerprint density at radius 1 is 1.30 bits per heavy atom. The quantitative estimate of drug-likeness (QED) is 0.353. The van der Waals surface area contributed by atoms with E-state index in [0.717, 1.165) is 32.4 Å². The summed E-state index contributed by atoms with van der Waals surface area (Å²) >= 11 is 0. The number of halogens is 1. The van der Waals surface area contributed by atoms with Crippen LogP contribution >= 0.6 is 24.0 Å². The zero-order valence-corrected chi connectivity index (χ0v) is 18.4. The van der Waals surface area contributed by atoms with E-state index < -0.39 is 0 Å². The number of ether oxygens (including phenoxy) is 1. The second kappa shape index (κ2) is 10.7. The van der Waals surface area contributed by atoms with E-state index in [0.29, 0.717) is 30.2 Å². The first-order valence-electron chi connectivity index (χ1n) is 9.66. The molecule has 6 nitrogen and oxygen atoms in total. The molecule has 1 atom stereocenters. The van der Waals surface area contributed by atoms with Gasteiger partial charge in [-0.3, -0.25) is 9.79 Å². The maximum Gasteiger partial charge on any atom is 0.258 e. The number of nitrogens with two attached hydrogens (primary N) is 1. The van der Waals surface area contributed by atoms with E-state index in [4.69, 9.17) is 10.5 Å². The lowest BCUT2D eigenvalue weighted by atomic mass is 10.0. The molecule has 3 rings (SSSR count). The monoisotopic (exact) mass is 486 g/mol. The molecule has 1 aliphatic carbocycles. The molecule has 0 bridgehead atoms. The van der Waals surface area contributed by atoms with Crippen molar-refractivity contribution in [1.29, 1.82) is 0 Å². The van der Waals surface area contributed by atoms with Crippen LogP contribution in [0.1, 0.15) is 38.2 Å². The van der Waals surface area contributed by atoms with Gasteiger partial charge in [0, 0.05) is 25.7 Å². The van der Waals surface area contributed by atoms with E-state index in [9.17, 15) is 4.79 Å². The van der Waals surface area contributed by atoms with Gasteiger partial charge in [0.1, 0.15) is 5.75 Å². The van der Waals surface area contributed by atoms with E-state index in [-0.39, 0.29) is 36.5 Å². The van der Waals surface area contributed by atoms with Gasteiger partial charge in [-0.1, -0.05) is 19.1 Å². The molecule has 0 radical (unpaired) electrons. The normalized spacial score (nSPS) is 20.0. The van der Waals surface area contributed by atoms with Crippen molar-refractivity contribution in [1.82, 2.24) is 10.2 Å². The zero-order valence-electron chi connectivity index (χ0n) is 16.0. The van der Waals surface area contributed by atoms with Crippen LogP contribution in [0, 0.1) is 5.92 Å². The molecule has 1 aromatic rings. The summed E-state index contributed by atoms with van der Waals surface area (Å²) in [4.78, 5) is 18.3. The highest BCUT2D eigenvalue weighted by molar-refractivity contribution is 14.0. The van der Waals surface area contributed by atoms with Crippen molar-refractivity contribution in [2.45, 2.75) is 45.1 Å². The molecule has 1 heterocycles. The smallest absolute Gasteiger partial charge is 0.258 e. The van der Waals surface area contributed by atoms with Gasteiger partial charge in [0.2, 0.25) is 0 Å². The van der Waals surface area contributed by atoms with Gasteiger partial charge in [0.15, 0.2) is 12.6 Å². The zero-order chi connectivity index (χ0) is 18.4. The minimum atomic E-state index is -0.0478. The molecular weight excluding hydrogens is 455 g/mol. The SMILES string of the molecule is CC1CCCN(C(N)=NCCc2ccc(OCC(=O)NC3CC3)cc2)C1.I. The van der Waals surface area contributed by atoms with Crippen molar-refractivity contribution < 1.29 is 9.53 Å². The number of hydrogen-bond acceptors (Lipinski definition) is 3. The molecule has 1 aromatic carbocycles. The Hall–Kier alpha value is -1.51. The Morgan fingerprint density at radius 3 is 2.70 bits per heavy atom. The molecule has 27 heavy (non-hydrogen) atoms. The summed E-state index contributed by atoms with van der Waals surface area (Å²) in [5.41, 5.74) is 7.31. The summed E-state index contributed by atoms with van der Waals surface area (Å²) in [5, 5.41) is 2.91. The average Bonchev–Trinajstić information content (AvgIpc) is 3.45. The van der Waals surface area contributed by atoms with Gasteiger partial charge in [-0.15, -0.1) is 24.0 Å². The number of benzene rings is 1. The molecule has 0 aromatic heterocycles. The van der Waals surface area contributed by atoms with Crippen molar-refractivity contribution in [3.63, 3.8) is 0 Å². The standard InChI is InChI=1S/C20H30N4O2.HI/c1-15-3-2-12-24(13-15)20(21)22-11-10-16-4-8-18(9-5-16)26-14-19(25)23-17-6-7-17;/h4-5,8-9,15,17H,2-3,6-7,10-14H2,1H3,(H2,21,22)(H,23,25);1H. The average molecular weight is 486 g/mol. The predicted octanol–water partition coefficient (Wildman–Crippen LogP) is 2.55. The third kappa shape index (κ3) is 7.56. The maximum absolute atomic E-state index is 11.6. The van der Waals surface area contributed by atoms with Crippen LogP contribution in [0.2, 0.25) is 0 Å². The van der Waals surface area contributed by atoms with Crippen molar-refractivity contribution in [3.05, 3.63) is 29.8 Å². The minimum Gasteiger partial charge on any atom is -0.484 e. The molecule has 150 valence electrons. The van der Waals surface area contributed by atoms with Gasteiger partial charge in [-0.25, -0.2) is 0 Å². The topological polar surface area (TPSA) is 79.9 Å². The van der Waals surface area contributed by atoms with E-state index in [2.05, 4.69) is 22.1 Å². The Labute approximate surface area is 178 Å². The van der Waals surface area contributed by atoms with Crippen LogP contribution < -0.4 is 15.8 Å². The molecule has 2 aliphatic rings. The third-order valence-corrected chi connectivity index (χ3v) is 4.89. The summed E-state index contributed by atoms with van der Waals surface area (Å²) in [7, 11) is 0. The van der Waals surface area contributed by atoms with E-state index in [1.807, 2.05) is 24.3 Å². The predicted molar refractivity (Wildman–Crippen MR) is 119 cm³/mol. The fraction of sp³-hybridized carbons (Fsp3) is 0.600. The first-order chi connectivity index (χ1) is 12.6. The van der Waals surface area contributed by atoms with Crippen molar-refractivity contribution in [2.75, 3.05) is 26.2 Å². The maximum atomic E-state index is 11.6. The molecular formula is C20H31IN4O2. The van der Waals surface area contributed by atoms with Gasteiger partial charge < -0.3 is 20.7 Å². The second-order valence-electron chi connectivity index (χ2n) is 7.46. The lowest BCUT2D eigenvalue weighted by molar-refractivity contribution is -0.123. The number of rotatable bonds is 7. The van der Waals surface area contributed by atoms with Crippen LogP contribution in [-0.4, -0.2) is 49.0 Å². The highest BCUT2D eigenvalue weighted by atomic mass is 127. The summed E-state index contributed by atoms with van der Waals surface area (Å²) in [6.07, 6.45) is 5.49. The molecule has 1 aliphatic heterocycles. The number of guanidine groups is 1. The highest BCUT2D eigenvalue weighted by Gasteiger charge is 2.23. The van der Waals surface area contributed by atoms with Gasteiger partial charge in [0.25, 0.3) is 5.91 Å². The number of likely N-dealkylation sites (tertiary alicyclic amines) is 1.